The van der Waals surface area contributed by atoms with Crippen molar-refractivity contribution in [3.63, 3.8) is 0 Å². The third kappa shape index (κ3) is 4.72. The molecular weight excluding hydrogens is 350 g/mol. The highest BCUT2D eigenvalue weighted by Crippen LogP contribution is 2.21. The molecular formula is C18H21N5O2S. The molecule has 2 aromatic heterocycles. The topological polar surface area (TPSA) is 85.8 Å². The lowest BCUT2D eigenvalue weighted by atomic mass is 10.2. The van der Waals surface area contributed by atoms with Gasteiger partial charge in [0.15, 0.2) is 0 Å². The fourth-order valence-electron chi connectivity index (χ4n) is 2.43. The molecule has 0 unspecified atom stereocenters. The number of nitrogens with zero attached hydrogens (tertiary/aromatic N) is 4. The molecule has 0 saturated carbocycles. The summed E-state index contributed by atoms with van der Waals surface area (Å²) in [5.74, 6) is 1.07. The number of aryl methyl sites for hydroxylation is 3. The normalized spacial score (nSPS) is 10.9. The fraction of sp³-hybridized carbons (Fsp3) is 0.333. The molecule has 0 atom stereocenters. The number of nitrogens with one attached hydrogen (secondary N) is 1. The molecule has 0 radical (unpaired) electrons. The Morgan fingerprint density at radius 3 is 2.69 bits per heavy atom. The Morgan fingerprint density at radius 2 is 2.00 bits per heavy atom. The van der Waals surface area contributed by atoms with Crippen molar-refractivity contribution < 1.29 is 9.21 Å². The molecule has 0 spiro atoms. The lowest BCUT2D eigenvalue weighted by Crippen LogP contribution is -2.11. The summed E-state index contributed by atoms with van der Waals surface area (Å²) < 4.78 is 7.16. The van der Waals surface area contributed by atoms with Gasteiger partial charge in [-0.2, -0.15) is 5.10 Å². The van der Waals surface area contributed by atoms with Gasteiger partial charge in [0, 0.05) is 18.4 Å². The van der Waals surface area contributed by atoms with E-state index in [1.54, 1.807) is 23.5 Å². The van der Waals surface area contributed by atoms with Crippen LogP contribution in [-0.2, 0) is 11.8 Å². The Hall–Kier alpha value is -2.61. The number of rotatable bonds is 7. The number of carbonyl (C=O) groups excluding carboxylic acids is 1. The minimum Gasteiger partial charge on any atom is -0.401 e. The van der Waals surface area contributed by atoms with E-state index in [2.05, 4.69) is 51.8 Å². The summed E-state index contributed by atoms with van der Waals surface area (Å²) in [6, 6.07) is 10.3. The van der Waals surface area contributed by atoms with Gasteiger partial charge < -0.3 is 4.42 Å². The Kier molecular flexibility index (Phi) is 5.72. The molecule has 3 rings (SSSR count). The molecule has 1 amide bonds. The second kappa shape index (κ2) is 8.18. The van der Waals surface area contributed by atoms with Crippen molar-refractivity contribution in [3.05, 3.63) is 41.6 Å². The maximum absolute atomic E-state index is 12.0. The number of thioether (sulfide) groups is 1. The Labute approximate surface area is 156 Å². The van der Waals surface area contributed by atoms with Crippen molar-refractivity contribution in [1.29, 1.82) is 0 Å². The van der Waals surface area contributed by atoms with Crippen molar-refractivity contribution in [2.45, 2.75) is 31.6 Å². The Morgan fingerprint density at radius 1 is 1.23 bits per heavy atom. The molecule has 136 valence electrons. The standard InChI is InChI=1S/C18H21N5O2S/c1-12-6-8-14(9-7-12)26-10-4-5-16(24)19-18-21-20-17(25-18)15-11-13(2)22-23(15)3/h6-9,11H,4-5,10H2,1-3H3,(H,19,21,24). The smallest absolute Gasteiger partial charge is 0.322 e. The maximum atomic E-state index is 12.0. The van der Waals surface area contributed by atoms with Crippen LogP contribution in [0.15, 0.2) is 39.6 Å². The quantitative estimate of drug-likeness (QED) is 0.504. The van der Waals surface area contributed by atoms with Gasteiger partial charge in [0.1, 0.15) is 5.69 Å². The largest absolute Gasteiger partial charge is 0.401 e. The zero-order chi connectivity index (χ0) is 18.5. The van der Waals surface area contributed by atoms with Crippen molar-refractivity contribution >= 4 is 23.7 Å². The number of hydrogen-bond acceptors (Lipinski definition) is 6. The van der Waals surface area contributed by atoms with Crippen LogP contribution in [0.2, 0.25) is 0 Å². The molecule has 26 heavy (non-hydrogen) atoms. The first-order chi connectivity index (χ1) is 12.5. The molecule has 1 aromatic carbocycles. The number of hydrogen-bond donors (Lipinski definition) is 1. The molecule has 7 nitrogen and oxygen atoms in total. The van der Waals surface area contributed by atoms with Crippen LogP contribution in [0.5, 0.6) is 0 Å². The van der Waals surface area contributed by atoms with E-state index in [-0.39, 0.29) is 11.9 Å². The van der Waals surface area contributed by atoms with Crippen LogP contribution in [0.4, 0.5) is 6.01 Å². The predicted molar refractivity (Wildman–Crippen MR) is 101 cm³/mol. The van der Waals surface area contributed by atoms with Crippen LogP contribution in [-0.4, -0.2) is 31.6 Å². The highest BCUT2D eigenvalue weighted by atomic mass is 32.2. The third-order valence-electron chi connectivity index (χ3n) is 3.73. The molecule has 8 heteroatoms. The van der Waals surface area contributed by atoms with Crippen molar-refractivity contribution in [2.75, 3.05) is 11.1 Å². The van der Waals surface area contributed by atoms with E-state index >= 15 is 0 Å². The van der Waals surface area contributed by atoms with Crippen LogP contribution in [0, 0.1) is 13.8 Å². The van der Waals surface area contributed by atoms with Gasteiger partial charge >= 0.3 is 6.01 Å². The first-order valence-corrected chi connectivity index (χ1v) is 9.33. The first-order valence-electron chi connectivity index (χ1n) is 8.35. The van der Waals surface area contributed by atoms with Gasteiger partial charge in [0.05, 0.1) is 5.69 Å². The van der Waals surface area contributed by atoms with Crippen LogP contribution in [0.1, 0.15) is 24.1 Å². The Balaban J connectivity index is 1.45. The molecule has 0 bridgehead atoms. The molecule has 0 saturated heterocycles. The van der Waals surface area contributed by atoms with E-state index in [0.717, 1.165) is 17.9 Å². The lowest BCUT2D eigenvalue weighted by Gasteiger charge is -2.02. The first kappa shape index (κ1) is 18.2. The highest BCUT2D eigenvalue weighted by Gasteiger charge is 2.14. The number of anilines is 1. The number of benzene rings is 1. The van der Waals surface area contributed by atoms with Crippen LogP contribution < -0.4 is 5.32 Å². The number of carbonyl (C=O) groups is 1. The summed E-state index contributed by atoms with van der Waals surface area (Å²) in [4.78, 5) is 13.2. The van der Waals surface area contributed by atoms with E-state index < -0.39 is 0 Å². The second-order valence-corrected chi connectivity index (χ2v) is 7.19. The van der Waals surface area contributed by atoms with Crippen LogP contribution in [0.3, 0.4) is 0 Å². The van der Waals surface area contributed by atoms with Crippen molar-refractivity contribution in [2.24, 2.45) is 7.05 Å². The summed E-state index contributed by atoms with van der Waals surface area (Å²) in [5, 5.41) is 14.7. The average molecular weight is 371 g/mol. The van der Waals surface area contributed by atoms with Crippen LogP contribution in [0.25, 0.3) is 11.6 Å². The van der Waals surface area contributed by atoms with Gasteiger partial charge in [-0.05, 0) is 44.2 Å². The minimum atomic E-state index is -0.133. The van der Waals surface area contributed by atoms with Gasteiger partial charge in [0.25, 0.3) is 5.89 Å². The molecule has 0 aliphatic carbocycles. The van der Waals surface area contributed by atoms with E-state index in [1.165, 1.54) is 10.5 Å². The summed E-state index contributed by atoms with van der Waals surface area (Å²) in [5.41, 5.74) is 2.82. The lowest BCUT2D eigenvalue weighted by molar-refractivity contribution is -0.116. The zero-order valence-electron chi connectivity index (χ0n) is 15.0. The van der Waals surface area contributed by atoms with E-state index in [1.807, 2.05) is 13.0 Å². The highest BCUT2D eigenvalue weighted by molar-refractivity contribution is 7.99. The molecule has 0 aliphatic heterocycles. The maximum Gasteiger partial charge on any atom is 0.322 e. The van der Waals surface area contributed by atoms with Crippen molar-refractivity contribution in [3.8, 4) is 11.6 Å². The van der Waals surface area contributed by atoms with Gasteiger partial charge in [0.2, 0.25) is 5.91 Å². The summed E-state index contributed by atoms with van der Waals surface area (Å²) in [7, 11) is 1.80. The second-order valence-electron chi connectivity index (χ2n) is 6.02. The molecule has 3 aromatic rings. The van der Waals surface area contributed by atoms with Gasteiger partial charge in [-0.3, -0.25) is 14.8 Å². The van der Waals surface area contributed by atoms with Crippen LogP contribution >= 0.6 is 11.8 Å². The predicted octanol–water partition coefficient (Wildman–Crippen LogP) is 3.60. The molecule has 2 heterocycles. The molecule has 1 N–H and O–H groups in total. The fourth-order valence-corrected chi connectivity index (χ4v) is 3.28. The molecule has 0 fully saturated rings. The van der Waals surface area contributed by atoms with E-state index in [0.29, 0.717) is 18.0 Å². The van der Waals surface area contributed by atoms with E-state index in [9.17, 15) is 4.79 Å². The van der Waals surface area contributed by atoms with Crippen molar-refractivity contribution in [1.82, 2.24) is 20.0 Å². The SMILES string of the molecule is Cc1ccc(SCCCC(=O)Nc2nnc(-c3cc(C)nn3C)o2)cc1. The minimum absolute atomic E-state index is 0.107. The summed E-state index contributed by atoms with van der Waals surface area (Å²) in [6.45, 7) is 3.95. The summed E-state index contributed by atoms with van der Waals surface area (Å²) >= 11 is 1.74. The molecule has 0 aliphatic rings. The third-order valence-corrected chi connectivity index (χ3v) is 4.83. The summed E-state index contributed by atoms with van der Waals surface area (Å²) in [6.07, 6.45) is 1.17. The van der Waals surface area contributed by atoms with Gasteiger partial charge in [-0.25, -0.2) is 0 Å². The average Bonchev–Trinajstić information content (AvgIpc) is 3.19. The number of aromatic nitrogens is 4. The van der Waals surface area contributed by atoms with Gasteiger partial charge in [-0.1, -0.05) is 22.8 Å². The monoisotopic (exact) mass is 371 g/mol. The Bertz CT molecular complexity index is 885. The number of amides is 1. The van der Waals surface area contributed by atoms with E-state index in [4.69, 9.17) is 4.42 Å². The zero-order valence-corrected chi connectivity index (χ0v) is 15.8. The van der Waals surface area contributed by atoms with Gasteiger partial charge in [-0.15, -0.1) is 16.9 Å².